The highest BCUT2D eigenvalue weighted by Gasteiger charge is 2.51. The van der Waals surface area contributed by atoms with Crippen LogP contribution in [0.5, 0.6) is 11.5 Å². The summed E-state index contributed by atoms with van der Waals surface area (Å²) in [5.41, 5.74) is 0.265. The maximum atomic E-state index is 13.6. The molecule has 4 rings (SSSR count). The van der Waals surface area contributed by atoms with E-state index in [1.165, 1.54) is 13.5 Å². The van der Waals surface area contributed by atoms with Crippen molar-refractivity contribution in [3.8, 4) is 11.5 Å². The fourth-order valence-electron chi connectivity index (χ4n) is 5.37. The van der Waals surface area contributed by atoms with Crippen molar-refractivity contribution in [1.29, 1.82) is 0 Å². The molecule has 3 N–H and O–H groups in total. The summed E-state index contributed by atoms with van der Waals surface area (Å²) in [5, 5.41) is 15.8. The van der Waals surface area contributed by atoms with Gasteiger partial charge in [0.2, 0.25) is 5.91 Å². The van der Waals surface area contributed by atoms with E-state index in [2.05, 4.69) is 17.6 Å². The normalized spacial score (nSPS) is 29.2. The van der Waals surface area contributed by atoms with E-state index in [0.717, 1.165) is 44.2 Å². The van der Waals surface area contributed by atoms with Gasteiger partial charge in [-0.1, -0.05) is 13.3 Å². The molecule has 0 aliphatic heterocycles. The number of amides is 2. The average Bonchev–Trinajstić information content (AvgIpc) is 3.28. The predicted octanol–water partition coefficient (Wildman–Crippen LogP) is 2.99. The summed E-state index contributed by atoms with van der Waals surface area (Å²) in [6.07, 6.45) is 6.42. The number of carbonyl (C=O) groups excluding carboxylic acids is 2. The Morgan fingerprint density at radius 1 is 1.28 bits per heavy atom. The Morgan fingerprint density at radius 3 is 2.66 bits per heavy atom. The number of rotatable bonds is 6. The first-order valence-electron chi connectivity index (χ1n) is 10.5. The lowest BCUT2D eigenvalue weighted by Gasteiger charge is -2.39. The molecule has 158 valence electrons. The van der Waals surface area contributed by atoms with Crippen LogP contribution >= 0.6 is 0 Å². The molecule has 3 fully saturated rings. The molecule has 3 saturated carbocycles. The molecule has 0 heterocycles. The number of hydrogen-bond acceptors (Lipinski definition) is 4. The molecule has 0 spiro atoms. The van der Waals surface area contributed by atoms with Crippen molar-refractivity contribution in [2.75, 3.05) is 13.7 Å². The Bertz CT molecular complexity index is 823. The summed E-state index contributed by atoms with van der Waals surface area (Å²) in [7, 11) is 1.34. The molecule has 0 unspecified atom stereocenters. The fraction of sp³-hybridized carbons (Fsp3) is 0.636. The molecule has 1 aromatic rings. The summed E-state index contributed by atoms with van der Waals surface area (Å²) < 4.78 is 18.7. The lowest BCUT2D eigenvalue weighted by molar-refractivity contribution is -0.128. The van der Waals surface area contributed by atoms with Gasteiger partial charge in [-0.3, -0.25) is 9.59 Å². The van der Waals surface area contributed by atoms with Crippen LogP contribution in [0.25, 0.3) is 0 Å². The molecule has 1 aromatic carbocycles. The van der Waals surface area contributed by atoms with Crippen LogP contribution in [0, 0.1) is 29.0 Å². The molecule has 7 heteroatoms. The van der Waals surface area contributed by atoms with E-state index >= 15 is 0 Å². The number of halogens is 1. The summed E-state index contributed by atoms with van der Waals surface area (Å²) >= 11 is 0. The zero-order valence-corrected chi connectivity index (χ0v) is 17.0. The van der Waals surface area contributed by atoms with Crippen molar-refractivity contribution in [3.05, 3.63) is 23.5 Å². The van der Waals surface area contributed by atoms with Crippen molar-refractivity contribution in [2.45, 2.75) is 51.5 Å². The number of phenolic OH excluding ortho intramolecular Hbond substituents is 1. The van der Waals surface area contributed by atoms with Crippen molar-refractivity contribution < 1.29 is 23.8 Å². The Kier molecular flexibility index (Phi) is 5.17. The molecule has 2 bridgehead atoms. The highest BCUT2D eigenvalue weighted by molar-refractivity contribution is 5.98. The summed E-state index contributed by atoms with van der Waals surface area (Å²) in [4.78, 5) is 25.9. The van der Waals surface area contributed by atoms with Crippen molar-refractivity contribution in [3.63, 3.8) is 0 Å². The van der Waals surface area contributed by atoms with E-state index in [0.29, 0.717) is 6.54 Å². The van der Waals surface area contributed by atoms with Crippen LogP contribution in [0.15, 0.2) is 12.1 Å². The SMILES string of the molecule is COc1cc(F)c(O)cc1C(=O)N[C@@H]1[C@H]2CC[C@H](C2)[C@@H]1C(=O)NCC1(C)CCC1. The van der Waals surface area contributed by atoms with Gasteiger partial charge >= 0.3 is 0 Å². The summed E-state index contributed by atoms with van der Waals surface area (Å²) in [6, 6.07) is 1.81. The van der Waals surface area contributed by atoms with Crippen LogP contribution in [-0.4, -0.2) is 36.6 Å². The standard InChI is InChI=1S/C22H29FN2O4/c1-22(6-3-7-22)11-24-21(28)18-12-4-5-13(8-12)19(18)25-20(27)14-9-16(26)15(23)10-17(14)29-2/h9-10,12-13,18-19,26H,3-8,11H2,1-2H3,(H,24,28)(H,25,27)/t12-,13+,18+,19-/m1/s1. The van der Waals surface area contributed by atoms with Crippen LogP contribution in [0.3, 0.4) is 0 Å². The van der Waals surface area contributed by atoms with Crippen LogP contribution in [-0.2, 0) is 4.79 Å². The number of phenols is 1. The van der Waals surface area contributed by atoms with Crippen LogP contribution < -0.4 is 15.4 Å². The first-order valence-corrected chi connectivity index (χ1v) is 10.5. The smallest absolute Gasteiger partial charge is 0.255 e. The van der Waals surface area contributed by atoms with Crippen molar-refractivity contribution in [1.82, 2.24) is 10.6 Å². The summed E-state index contributed by atoms with van der Waals surface area (Å²) in [6.45, 7) is 2.88. The van der Waals surface area contributed by atoms with Gasteiger partial charge in [-0.25, -0.2) is 4.39 Å². The Balaban J connectivity index is 1.48. The molecule has 0 saturated heterocycles. The summed E-state index contributed by atoms with van der Waals surface area (Å²) in [5.74, 6) is -1.54. The topological polar surface area (TPSA) is 87.7 Å². The van der Waals surface area contributed by atoms with Gasteiger partial charge in [0, 0.05) is 18.7 Å². The molecule has 6 nitrogen and oxygen atoms in total. The number of nitrogens with one attached hydrogen (secondary N) is 2. The van der Waals surface area contributed by atoms with Gasteiger partial charge in [-0.15, -0.1) is 0 Å². The molecule has 4 atom stereocenters. The number of fused-ring (bicyclic) bond motifs is 2. The Labute approximate surface area is 170 Å². The molecule has 0 aromatic heterocycles. The molecular formula is C22H29FN2O4. The van der Waals surface area contributed by atoms with E-state index in [9.17, 15) is 19.1 Å². The van der Waals surface area contributed by atoms with Crippen LogP contribution in [0.1, 0.15) is 55.8 Å². The number of aromatic hydroxyl groups is 1. The zero-order valence-electron chi connectivity index (χ0n) is 17.0. The molecule has 29 heavy (non-hydrogen) atoms. The van der Waals surface area contributed by atoms with Gasteiger partial charge in [-0.2, -0.15) is 0 Å². The maximum Gasteiger partial charge on any atom is 0.255 e. The monoisotopic (exact) mass is 404 g/mol. The number of hydrogen-bond donors (Lipinski definition) is 3. The van der Waals surface area contributed by atoms with E-state index < -0.39 is 17.5 Å². The van der Waals surface area contributed by atoms with Crippen molar-refractivity contribution in [2.24, 2.45) is 23.2 Å². The van der Waals surface area contributed by atoms with Crippen molar-refractivity contribution >= 4 is 11.8 Å². The van der Waals surface area contributed by atoms with Gasteiger partial charge in [0.25, 0.3) is 5.91 Å². The van der Waals surface area contributed by atoms with Crippen LogP contribution in [0.4, 0.5) is 4.39 Å². The van der Waals surface area contributed by atoms with Gasteiger partial charge in [0.15, 0.2) is 11.6 Å². The molecule has 0 radical (unpaired) electrons. The van der Waals surface area contributed by atoms with Gasteiger partial charge in [0.1, 0.15) is 5.75 Å². The number of carbonyl (C=O) groups is 2. The molecular weight excluding hydrogens is 375 g/mol. The maximum absolute atomic E-state index is 13.6. The zero-order chi connectivity index (χ0) is 20.8. The highest BCUT2D eigenvalue weighted by Crippen LogP contribution is 2.49. The third-order valence-electron chi connectivity index (χ3n) is 7.28. The minimum Gasteiger partial charge on any atom is -0.505 e. The quantitative estimate of drug-likeness (QED) is 0.680. The lowest BCUT2D eigenvalue weighted by Crippen LogP contribution is -2.51. The molecule has 2 amide bonds. The Morgan fingerprint density at radius 2 is 2.00 bits per heavy atom. The van der Waals surface area contributed by atoms with Gasteiger partial charge in [0.05, 0.1) is 18.6 Å². The molecule has 3 aliphatic carbocycles. The van der Waals surface area contributed by atoms with Gasteiger partial charge < -0.3 is 20.5 Å². The minimum atomic E-state index is -0.847. The second kappa shape index (κ2) is 7.50. The molecule has 3 aliphatic rings. The third kappa shape index (κ3) is 3.67. The van der Waals surface area contributed by atoms with E-state index in [1.807, 2.05) is 0 Å². The largest absolute Gasteiger partial charge is 0.505 e. The number of methoxy groups -OCH3 is 1. The Hall–Kier alpha value is -2.31. The second-order valence-electron chi connectivity index (χ2n) is 9.24. The van der Waals surface area contributed by atoms with E-state index in [4.69, 9.17) is 4.74 Å². The fourth-order valence-corrected chi connectivity index (χ4v) is 5.37. The average molecular weight is 404 g/mol. The first-order chi connectivity index (χ1) is 13.8. The van der Waals surface area contributed by atoms with Crippen LogP contribution in [0.2, 0.25) is 0 Å². The highest BCUT2D eigenvalue weighted by atomic mass is 19.1. The van der Waals surface area contributed by atoms with E-state index in [-0.39, 0.29) is 46.4 Å². The van der Waals surface area contributed by atoms with E-state index in [1.54, 1.807) is 0 Å². The minimum absolute atomic E-state index is 0.0181. The number of ether oxygens (including phenoxy) is 1. The second-order valence-corrected chi connectivity index (χ2v) is 9.24. The first kappa shape index (κ1) is 20.0. The third-order valence-corrected chi connectivity index (χ3v) is 7.28. The predicted molar refractivity (Wildman–Crippen MR) is 105 cm³/mol. The number of benzene rings is 1. The van der Waals surface area contributed by atoms with Gasteiger partial charge in [-0.05, 0) is 55.4 Å². The lowest BCUT2D eigenvalue weighted by atomic mass is 9.70.